The third kappa shape index (κ3) is 6.57. The maximum Gasteiger partial charge on any atom is 0.191 e. The molecule has 0 aliphatic heterocycles. The van der Waals surface area contributed by atoms with Gasteiger partial charge in [-0.25, -0.2) is 4.99 Å². The molecule has 0 saturated heterocycles. The minimum Gasteiger partial charge on any atom is -0.467 e. The van der Waals surface area contributed by atoms with Crippen LogP contribution in [0, 0.1) is 0 Å². The van der Waals surface area contributed by atoms with E-state index in [1.807, 2.05) is 18.2 Å². The van der Waals surface area contributed by atoms with Crippen molar-refractivity contribution in [2.75, 3.05) is 26.7 Å². The van der Waals surface area contributed by atoms with Crippen molar-refractivity contribution in [1.29, 1.82) is 0 Å². The third-order valence-corrected chi connectivity index (χ3v) is 3.40. The second kappa shape index (κ2) is 9.69. The molecular weight excluding hydrogens is 288 g/mol. The molecule has 0 unspecified atom stereocenters. The highest BCUT2D eigenvalue weighted by molar-refractivity contribution is 5.79. The van der Waals surface area contributed by atoms with Crippen molar-refractivity contribution in [3.05, 3.63) is 60.1 Å². The zero-order valence-electron chi connectivity index (χ0n) is 14.0. The molecule has 1 heterocycles. The second-order valence-electron chi connectivity index (χ2n) is 5.42. The number of aliphatic imine (C=N–C) groups is 1. The molecular formula is C18H26N4O. The highest BCUT2D eigenvalue weighted by atomic mass is 16.3. The SMILES string of the molecule is CCNC(=NCc1ccco1)NCCN(C)Cc1ccccc1. The largest absolute Gasteiger partial charge is 0.467 e. The molecule has 0 spiro atoms. The summed E-state index contributed by atoms with van der Waals surface area (Å²) in [5, 5.41) is 6.60. The van der Waals surface area contributed by atoms with Crippen LogP contribution < -0.4 is 10.6 Å². The molecule has 1 aromatic heterocycles. The van der Waals surface area contributed by atoms with Crippen LogP contribution in [-0.2, 0) is 13.1 Å². The molecule has 0 aliphatic carbocycles. The molecule has 0 saturated carbocycles. The van der Waals surface area contributed by atoms with Crippen LogP contribution in [0.4, 0.5) is 0 Å². The first-order chi connectivity index (χ1) is 11.3. The van der Waals surface area contributed by atoms with Crippen molar-refractivity contribution in [2.24, 2.45) is 4.99 Å². The minimum absolute atomic E-state index is 0.544. The third-order valence-electron chi connectivity index (χ3n) is 3.40. The molecule has 23 heavy (non-hydrogen) atoms. The quantitative estimate of drug-likeness (QED) is 0.580. The standard InChI is InChI=1S/C18H26N4O/c1-3-19-18(21-14-17-10-7-13-23-17)20-11-12-22(2)15-16-8-5-4-6-9-16/h4-10,13H,3,11-12,14-15H2,1-2H3,(H2,19,20,21). The van der Waals surface area contributed by atoms with Gasteiger partial charge in [-0.2, -0.15) is 0 Å². The van der Waals surface area contributed by atoms with Gasteiger partial charge in [0.25, 0.3) is 0 Å². The Morgan fingerprint density at radius 3 is 2.65 bits per heavy atom. The molecule has 2 rings (SSSR count). The maximum absolute atomic E-state index is 5.30. The lowest BCUT2D eigenvalue weighted by Crippen LogP contribution is -2.40. The molecule has 5 heteroatoms. The van der Waals surface area contributed by atoms with E-state index in [4.69, 9.17) is 4.42 Å². The smallest absolute Gasteiger partial charge is 0.191 e. The van der Waals surface area contributed by atoms with E-state index in [0.29, 0.717) is 6.54 Å². The van der Waals surface area contributed by atoms with Gasteiger partial charge in [-0.3, -0.25) is 0 Å². The summed E-state index contributed by atoms with van der Waals surface area (Å²) in [5.41, 5.74) is 1.33. The van der Waals surface area contributed by atoms with Gasteiger partial charge in [0.15, 0.2) is 5.96 Å². The number of rotatable bonds is 8. The number of hydrogen-bond donors (Lipinski definition) is 2. The minimum atomic E-state index is 0.544. The van der Waals surface area contributed by atoms with Crippen molar-refractivity contribution in [2.45, 2.75) is 20.0 Å². The number of guanidine groups is 1. The van der Waals surface area contributed by atoms with Gasteiger partial charge in [0.05, 0.1) is 6.26 Å². The lowest BCUT2D eigenvalue weighted by atomic mass is 10.2. The van der Waals surface area contributed by atoms with E-state index in [-0.39, 0.29) is 0 Å². The molecule has 1 aromatic carbocycles. The van der Waals surface area contributed by atoms with Crippen molar-refractivity contribution in [3.63, 3.8) is 0 Å². The van der Waals surface area contributed by atoms with E-state index in [2.05, 4.69) is 58.8 Å². The molecule has 2 N–H and O–H groups in total. The van der Waals surface area contributed by atoms with E-state index in [9.17, 15) is 0 Å². The zero-order valence-corrected chi connectivity index (χ0v) is 14.0. The van der Waals surface area contributed by atoms with E-state index in [1.165, 1.54) is 5.56 Å². The Kier molecular flexibility index (Phi) is 7.20. The van der Waals surface area contributed by atoms with Crippen LogP contribution in [0.2, 0.25) is 0 Å². The molecule has 0 bridgehead atoms. The van der Waals surface area contributed by atoms with Crippen LogP contribution in [0.1, 0.15) is 18.2 Å². The first-order valence-electron chi connectivity index (χ1n) is 8.05. The van der Waals surface area contributed by atoms with Gasteiger partial charge in [-0.1, -0.05) is 30.3 Å². The topological polar surface area (TPSA) is 52.8 Å². The Morgan fingerprint density at radius 2 is 1.96 bits per heavy atom. The van der Waals surface area contributed by atoms with Crippen LogP contribution >= 0.6 is 0 Å². The Bertz CT molecular complexity index is 566. The summed E-state index contributed by atoms with van der Waals surface area (Å²) >= 11 is 0. The average molecular weight is 314 g/mol. The van der Waals surface area contributed by atoms with Crippen molar-refractivity contribution < 1.29 is 4.42 Å². The van der Waals surface area contributed by atoms with Gasteiger partial charge in [0, 0.05) is 26.2 Å². The molecule has 0 amide bonds. The van der Waals surface area contributed by atoms with Gasteiger partial charge < -0.3 is 20.0 Å². The molecule has 0 aliphatic rings. The van der Waals surface area contributed by atoms with E-state index in [0.717, 1.165) is 37.9 Å². The lowest BCUT2D eigenvalue weighted by molar-refractivity contribution is 0.331. The Balaban J connectivity index is 1.74. The lowest BCUT2D eigenvalue weighted by Gasteiger charge is -2.18. The fraction of sp³-hybridized carbons (Fsp3) is 0.389. The van der Waals surface area contributed by atoms with Crippen LogP contribution in [0.5, 0.6) is 0 Å². The van der Waals surface area contributed by atoms with Crippen LogP contribution in [-0.4, -0.2) is 37.5 Å². The van der Waals surface area contributed by atoms with Crippen molar-refractivity contribution in [1.82, 2.24) is 15.5 Å². The van der Waals surface area contributed by atoms with Crippen LogP contribution in [0.15, 0.2) is 58.1 Å². The molecule has 5 nitrogen and oxygen atoms in total. The summed E-state index contributed by atoms with van der Waals surface area (Å²) in [6.07, 6.45) is 1.67. The monoisotopic (exact) mass is 314 g/mol. The van der Waals surface area contributed by atoms with Gasteiger partial charge in [-0.15, -0.1) is 0 Å². The molecule has 124 valence electrons. The first kappa shape index (κ1) is 17.1. The van der Waals surface area contributed by atoms with Gasteiger partial charge >= 0.3 is 0 Å². The maximum atomic E-state index is 5.30. The van der Waals surface area contributed by atoms with E-state index in [1.54, 1.807) is 6.26 Å². The van der Waals surface area contributed by atoms with Crippen LogP contribution in [0.3, 0.4) is 0 Å². The average Bonchev–Trinajstić information content (AvgIpc) is 3.07. The van der Waals surface area contributed by atoms with E-state index < -0.39 is 0 Å². The number of hydrogen-bond acceptors (Lipinski definition) is 3. The van der Waals surface area contributed by atoms with Gasteiger partial charge in [0.2, 0.25) is 0 Å². The fourth-order valence-corrected chi connectivity index (χ4v) is 2.24. The predicted molar refractivity (Wildman–Crippen MR) is 94.3 cm³/mol. The highest BCUT2D eigenvalue weighted by Gasteiger charge is 2.02. The van der Waals surface area contributed by atoms with Crippen molar-refractivity contribution in [3.8, 4) is 0 Å². The van der Waals surface area contributed by atoms with Gasteiger partial charge in [0.1, 0.15) is 12.3 Å². The van der Waals surface area contributed by atoms with Crippen LogP contribution in [0.25, 0.3) is 0 Å². The highest BCUT2D eigenvalue weighted by Crippen LogP contribution is 2.02. The van der Waals surface area contributed by atoms with E-state index >= 15 is 0 Å². The number of nitrogens with one attached hydrogen (secondary N) is 2. The zero-order chi connectivity index (χ0) is 16.3. The Labute approximate surface area is 138 Å². The van der Waals surface area contributed by atoms with Crippen molar-refractivity contribution >= 4 is 5.96 Å². The molecule has 0 radical (unpaired) electrons. The Morgan fingerprint density at radius 1 is 1.13 bits per heavy atom. The number of nitrogens with zero attached hydrogens (tertiary/aromatic N) is 2. The number of likely N-dealkylation sites (N-methyl/N-ethyl adjacent to an activating group) is 1. The summed E-state index contributed by atoms with van der Waals surface area (Å²) in [7, 11) is 2.13. The predicted octanol–water partition coefficient (Wildman–Crippen LogP) is 2.47. The summed E-state index contributed by atoms with van der Waals surface area (Å²) in [6, 6.07) is 14.3. The summed E-state index contributed by atoms with van der Waals surface area (Å²) in [4.78, 5) is 6.81. The summed E-state index contributed by atoms with van der Waals surface area (Å²) in [6.45, 7) is 6.17. The van der Waals surface area contributed by atoms with Gasteiger partial charge in [-0.05, 0) is 31.7 Å². The molecule has 2 aromatic rings. The Hall–Kier alpha value is -2.27. The molecule has 0 atom stereocenters. The molecule has 0 fully saturated rings. The second-order valence-corrected chi connectivity index (χ2v) is 5.42. The fourth-order valence-electron chi connectivity index (χ4n) is 2.24. The first-order valence-corrected chi connectivity index (χ1v) is 8.05. The summed E-state index contributed by atoms with van der Waals surface area (Å²) in [5.74, 6) is 1.68. The summed E-state index contributed by atoms with van der Waals surface area (Å²) < 4.78 is 5.30. The number of furan rings is 1. The normalized spacial score (nSPS) is 11.7. The number of benzene rings is 1.